The normalized spacial score (nSPS) is 19.9. The topological polar surface area (TPSA) is 93.0 Å². The molecule has 4 heterocycles. The first-order valence-corrected chi connectivity index (χ1v) is 11.4. The van der Waals surface area contributed by atoms with E-state index < -0.39 is 0 Å². The second-order valence-electron chi connectivity index (χ2n) is 8.88. The van der Waals surface area contributed by atoms with Crippen molar-refractivity contribution in [3.63, 3.8) is 0 Å². The first kappa shape index (κ1) is 20.0. The lowest BCUT2D eigenvalue weighted by Crippen LogP contribution is -2.34. The number of hydrogen-bond donors (Lipinski definition) is 1. The molecule has 1 N–H and O–H groups in total. The molecule has 3 aliphatic rings. The fourth-order valence-electron chi connectivity index (χ4n) is 4.71. The van der Waals surface area contributed by atoms with Crippen LogP contribution in [-0.4, -0.2) is 48.8 Å². The Labute approximate surface area is 189 Å². The Morgan fingerprint density at radius 1 is 0.970 bits per heavy atom. The van der Waals surface area contributed by atoms with Crippen LogP contribution in [0.5, 0.6) is 0 Å². The molecular formula is C24H23FN6O2. The van der Waals surface area contributed by atoms with E-state index in [0.29, 0.717) is 29.9 Å². The van der Waals surface area contributed by atoms with E-state index in [2.05, 4.69) is 14.9 Å². The molecule has 1 saturated heterocycles. The van der Waals surface area contributed by atoms with Crippen molar-refractivity contribution >= 4 is 17.8 Å². The van der Waals surface area contributed by atoms with Gasteiger partial charge in [-0.05, 0) is 49.6 Å². The van der Waals surface area contributed by atoms with E-state index in [-0.39, 0.29) is 36.5 Å². The van der Waals surface area contributed by atoms with E-state index in [1.807, 2.05) is 6.07 Å². The molecule has 168 valence electrons. The Morgan fingerprint density at radius 3 is 2.45 bits per heavy atom. The van der Waals surface area contributed by atoms with Crippen LogP contribution in [-0.2, 0) is 16.0 Å². The number of amides is 2. The van der Waals surface area contributed by atoms with Crippen molar-refractivity contribution in [1.82, 2.24) is 24.4 Å². The fraction of sp³-hybridized carbons (Fsp3) is 0.375. The number of carbonyl (C=O) groups excluding carboxylic acids is 2. The van der Waals surface area contributed by atoms with Gasteiger partial charge in [-0.2, -0.15) is 0 Å². The minimum atomic E-state index is -0.311. The van der Waals surface area contributed by atoms with E-state index in [1.54, 1.807) is 18.3 Å². The molecule has 0 spiro atoms. The largest absolute Gasteiger partial charge is 0.351 e. The van der Waals surface area contributed by atoms with Gasteiger partial charge in [0.05, 0.1) is 23.1 Å². The molecule has 2 aromatic heterocycles. The zero-order chi connectivity index (χ0) is 22.5. The fourth-order valence-corrected chi connectivity index (χ4v) is 4.71. The van der Waals surface area contributed by atoms with Gasteiger partial charge in [0.1, 0.15) is 11.6 Å². The quantitative estimate of drug-likeness (QED) is 0.584. The molecule has 0 radical (unpaired) electrons. The summed E-state index contributed by atoms with van der Waals surface area (Å²) >= 11 is 0. The summed E-state index contributed by atoms with van der Waals surface area (Å²) in [5.41, 5.74) is 3.01. The van der Waals surface area contributed by atoms with Gasteiger partial charge in [0.2, 0.25) is 17.8 Å². The average Bonchev–Trinajstić information content (AvgIpc) is 3.29. The first-order chi connectivity index (χ1) is 16.1. The predicted molar refractivity (Wildman–Crippen MR) is 119 cm³/mol. The van der Waals surface area contributed by atoms with E-state index in [4.69, 9.17) is 9.97 Å². The highest BCUT2D eigenvalue weighted by Crippen LogP contribution is 2.40. The van der Waals surface area contributed by atoms with Crippen LogP contribution < -0.4 is 5.32 Å². The van der Waals surface area contributed by atoms with Gasteiger partial charge in [-0.15, -0.1) is 0 Å². The minimum Gasteiger partial charge on any atom is -0.351 e. The Kier molecular flexibility index (Phi) is 4.70. The zero-order valence-corrected chi connectivity index (χ0v) is 18.0. The SMILES string of the molecule is O=C1CCC(=O)N1CC1CCc2nc(-c3ccc(F)cc3)c(-c3ccnc(NC4CC4)n3)n21. The van der Waals surface area contributed by atoms with Gasteiger partial charge in [0.15, 0.2) is 0 Å². The molecule has 8 nitrogen and oxygen atoms in total. The smallest absolute Gasteiger partial charge is 0.229 e. The molecule has 0 bridgehead atoms. The summed E-state index contributed by atoms with van der Waals surface area (Å²) in [6.07, 6.45) is 6.00. The lowest BCUT2D eigenvalue weighted by molar-refractivity contribution is -0.138. The van der Waals surface area contributed by atoms with Crippen LogP contribution in [0.2, 0.25) is 0 Å². The number of fused-ring (bicyclic) bond motifs is 1. The van der Waals surface area contributed by atoms with Crippen LogP contribution in [0.4, 0.5) is 10.3 Å². The van der Waals surface area contributed by atoms with Crippen molar-refractivity contribution in [2.45, 2.75) is 50.6 Å². The van der Waals surface area contributed by atoms with Crippen molar-refractivity contribution in [2.75, 3.05) is 11.9 Å². The summed E-state index contributed by atoms with van der Waals surface area (Å²) in [6, 6.07) is 8.43. The number of imide groups is 1. The van der Waals surface area contributed by atoms with Crippen molar-refractivity contribution < 1.29 is 14.0 Å². The molecular weight excluding hydrogens is 423 g/mol. The summed E-state index contributed by atoms with van der Waals surface area (Å²) in [5, 5.41) is 3.34. The Balaban J connectivity index is 1.45. The van der Waals surface area contributed by atoms with Crippen molar-refractivity contribution in [3.8, 4) is 22.6 Å². The molecule has 2 fully saturated rings. The number of aromatic nitrogens is 4. The number of carbonyl (C=O) groups is 2. The van der Waals surface area contributed by atoms with Crippen molar-refractivity contribution in [1.29, 1.82) is 0 Å². The van der Waals surface area contributed by atoms with Crippen LogP contribution in [0.25, 0.3) is 22.6 Å². The highest BCUT2D eigenvalue weighted by molar-refractivity contribution is 6.02. The number of halogens is 1. The van der Waals surface area contributed by atoms with Gasteiger partial charge in [0, 0.05) is 43.6 Å². The van der Waals surface area contributed by atoms with Gasteiger partial charge in [-0.3, -0.25) is 14.5 Å². The number of aryl methyl sites for hydroxylation is 1. The van der Waals surface area contributed by atoms with Gasteiger partial charge in [0.25, 0.3) is 0 Å². The number of nitrogens with one attached hydrogen (secondary N) is 1. The molecule has 9 heteroatoms. The lowest BCUT2D eigenvalue weighted by Gasteiger charge is -2.22. The number of likely N-dealkylation sites (tertiary alicyclic amines) is 1. The maximum Gasteiger partial charge on any atom is 0.229 e. The third-order valence-corrected chi connectivity index (χ3v) is 6.53. The second-order valence-corrected chi connectivity index (χ2v) is 8.88. The molecule has 3 aromatic rings. The number of benzene rings is 1. The Morgan fingerprint density at radius 2 is 1.73 bits per heavy atom. The Hall–Kier alpha value is -3.62. The highest BCUT2D eigenvalue weighted by Gasteiger charge is 2.36. The molecule has 2 amide bonds. The number of nitrogens with zero attached hydrogens (tertiary/aromatic N) is 5. The van der Waals surface area contributed by atoms with E-state index in [1.165, 1.54) is 17.0 Å². The number of anilines is 1. The monoisotopic (exact) mass is 446 g/mol. The van der Waals surface area contributed by atoms with E-state index in [9.17, 15) is 14.0 Å². The molecule has 2 aliphatic heterocycles. The molecule has 1 aromatic carbocycles. The summed E-state index contributed by atoms with van der Waals surface area (Å²) in [6.45, 7) is 0.329. The average molecular weight is 446 g/mol. The summed E-state index contributed by atoms with van der Waals surface area (Å²) in [4.78, 5) is 39.9. The third-order valence-electron chi connectivity index (χ3n) is 6.53. The van der Waals surface area contributed by atoms with Gasteiger partial charge >= 0.3 is 0 Å². The third kappa shape index (κ3) is 3.67. The van der Waals surface area contributed by atoms with Crippen LogP contribution >= 0.6 is 0 Å². The van der Waals surface area contributed by atoms with Gasteiger partial charge < -0.3 is 9.88 Å². The summed E-state index contributed by atoms with van der Waals surface area (Å²) < 4.78 is 15.7. The lowest BCUT2D eigenvalue weighted by atomic mass is 10.1. The highest BCUT2D eigenvalue weighted by atomic mass is 19.1. The Bertz CT molecular complexity index is 1230. The molecule has 33 heavy (non-hydrogen) atoms. The predicted octanol–water partition coefficient (Wildman–Crippen LogP) is 3.36. The molecule has 6 rings (SSSR count). The van der Waals surface area contributed by atoms with Crippen LogP contribution in [0.1, 0.15) is 44.0 Å². The summed E-state index contributed by atoms with van der Waals surface area (Å²) in [5.74, 6) is 0.895. The maximum absolute atomic E-state index is 13.6. The first-order valence-electron chi connectivity index (χ1n) is 11.4. The number of hydrogen-bond acceptors (Lipinski definition) is 6. The molecule has 1 atom stereocenters. The van der Waals surface area contributed by atoms with Crippen LogP contribution in [0.15, 0.2) is 36.5 Å². The maximum atomic E-state index is 13.6. The van der Waals surface area contributed by atoms with E-state index in [0.717, 1.165) is 42.8 Å². The second kappa shape index (κ2) is 7.75. The van der Waals surface area contributed by atoms with Crippen molar-refractivity contribution in [3.05, 3.63) is 48.2 Å². The zero-order valence-electron chi connectivity index (χ0n) is 18.0. The van der Waals surface area contributed by atoms with Crippen molar-refractivity contribution in [2.24, 2.45) is 0 Å². The van der Waals surface area contributed by atoms with Crippen LogP contribution in [0, 0.1) is 5.82 Å². The van der Waals surface area contributed by atoms with Gasteiger partial charge in [-0.1, -0.05) is 0 Å². The summed E-state index contributed by atoms with van der Waals surface area (Å²) in [7, 11) is 0. The number of rotatable bonds is 6. The minimum absolute atomic E-state index is 0.0856. The molecule has 1 aliphatic carbocycles. The standard InChI is InChI=1S/C24H23FN6O2/c25-15-3-1-14(2-4-15)22-23(18-11-12-26-24(28-18)27-16-5-6-16)31-17(7-8-19(31)29-22)13-30-20(32)9-10-21(30)33/h1-4,11-12,16-17H,5-10,13H2,(H,26,27,28). The molecule has 1 unspecified atom stereocenters. The van der Waals surface area contributed by atoms with Crippen LogP contribution in [0.3, 0.4) is 0 Å². The van der Waals surface area contributed by atoms with E-state index >= 15 is 0 Å². The number of imidazole rings is 1. The molecule has 1 saturated carbocycles. The van der Waals surface area contributed by atoms with Gasteiger partial charge in [-0.25, -0.2) is 19.3 Å².